The first-order valence-electron chi connectivity index (χ1n) is 8.70. The summed E-state index contributed by atoms with van der Waals surface area (Å²) in [5, 5.41) is 3.06. The van der Waals surface area contributed by atoms with Crippen LogP contribution in [0.25, 0.3) is 0 Å². The molecule has 4 atom stereocenters. The Morgan fingerprint density at radius 1 is 1.28 bits per heavy atom. The van der Waals surface area contributed by atoms with E-state index in [0.29, 0.717) is 11.6 Å². The summed E-state index contributed by atoms with van der Waals surface area (Å²) in [6.45, 7) is 2.78. The molecule has 0 bridgehead atoms. The fraction of sp³-hybridized carbons (Fsp3) is 0.588. The summed E-state index contributed by atoms with van der Waals surface area (Å²) < 4.78 is 25.6. The molecular formula is C17H26N4O3S. The van der Waals surface area contributed by atoms with Crippen molar-refractivity contribution in [1.82, 2.24) is 16.2 Å². The van der Waals surface area contributed by atoms with Crippen molar-refractivity contribution in [2.75, 3.05) is 17.5 Å². The molecule has 0 aromatic heterocycles. The second-order valence-corrected chi connectivity index (χ2v) is 8.79. The number of benzene rings is 1. The predicted molar refractivity (Wildman–Crippen MR) is 97.2 cm³/mol. The minimum atomic E-state index is -3.37. The molecular weight excluding hydrogens is 340 g/mol. The lowest BCUT2D eigenvalue weighted by Crippen LogP contribution is -2.48. The fourth-order valence-electron chi connectivity index (χ4n) is 3.90. The van der Waals surface area contributed by atoms with E-state index in [9.17, 15) is 13.2 Å². The zero-order chi connectivity index (χ0) is 18.0. The van der Waals surface area contributed by atoms with Crippen LogP contribution in [0.5, 0.6) is 0 Å². The Morgan fingerprint density at radius 2 is 2.04 bits per heavy atom. The van der Waals surface area contributed by atoms with E-state index in [-0.39, 0.29) is 23.9 Å². The lowest BCUT2D eigenvalue weighted by Gasteiger charge is -2.32. The molecule has 3 rings (SSSR count). The zero-order valence-corrected chi connectivity index (χ0v) is 15.4. The molecule has 1 aromatic carbocycles. The molecule has 2 aliphatic rings. The van der Waals surface area contributed by atoms with E-state index >= 15 is 0 Å². The molecule has 0 radical (unpaired) electrons. The first kappa shape index (κ1) is 18.2. The molecule has 1 heterocycles. The number of rotatable bonds is 5. The number of hydrogen-bond acceptors (Lipinski definition) is 5. The summed E-state index contributed by atoms with van der Waals surface area (Å²) in [5.74, 6) is 0.456. The van der Waals surface area contributed by atoms with Gasteiger partial charge in [0.25, 0.3) is 0 Å². The van der Waals surface area contributed by atoms with Crippen LogP contribution in [0.15, 0.2) is 24.3 Å². The third-order valence-corrected chi connectivity index (χ3v) is 5.67. The van der Waals surface area contributed by atoms with Gasteiger partial charge in [-0.2, -0.15) is 0 Å². The second-order valence-electron chi connectivity index (χ2n) is 7.04. The number of hydrogen-bond donors (Lipinski definition) is 4. The highest BCUT2D eigenvalue weighted by Gasteiger charge is 2.40. The predicted octanol–water partition coefficient (Wildman–Crippen LogP) is 1.13. The van der Waals surface area contributed by atoms with Gasteiger partial charge in [-0.3, -0.25) is 20.4 Å². The van der Waals surface area contributed by atoms with Gasteiger partial charge >= 0.3 is 0 Å². The molecule has 0 spiro atoms. The van der Waals surface area contributed by atoms with Crippen LogP contribution in [0.1, 0.15) is 37.8 Å². The second kappa shape index (κ2) is 7.31. The molecule has 138 valence electrons. The topological polar surface area (TPSA) is 99.3 Å². The number of anilines is 1. The first-order chi connectivity index (χ1) is 11.8. The van der Waals surface area contributed by atoms with Crippen LogP contribution in [-0.4, -0.2) is 33.2 Å². The number of carbonyl (C=O) groups excluding carboxylic acids is 1. The molecule has 8 heteroatoms. The Labute approximate surface area is 149 Å². The highest BCUT2D eigenvalue weighted by molar-refractivity contribution is 7.92. The standard InChI is InChI=1S/C17H26N4O3S/c1-11(13-7-3-4-9-15(13)21-25(2,23)24)19-17(22)14-8-5-6-12-10-18-20-16(12)14/h3-4,7,9,11-12,14,16,18,20-21H,5-6,8,10H2,1-2H3,(H,19,22). The van der Waals surface area contributed by atoms with Gasteiger partial charge in [0.1, 0.15) is 0 Å². The summed E-state index contributed by atoms with van der Waals surface area (Å²) in [6.07, 6.45) is 4.19. The molecule has 1 aliphatic heterocycles. The highest BCUT2D eigenvalue weighted by Crippen LogP contribution is 2.32. The van der Waals surface area contributed by atoms with E-state index in [2.05, 4.69) is 20.9 Å². The van der Waals surface area contributed by atoms with Crippen molar-refractivity contribution >= 4 is 21.6 Å². The maximum Gasteiger partial charge on any atom is 0.229 e. The normalized spacial score (nSPS) is 27.4. The smallest absolute Gasteiger partial charge is 0.229 e. The SMILES string of the molecule is CC(NC(=O)C1CCCC2CNNC21)c1ccccc1NS(C)(=O)=O. The summed E-state index contributed by atoms with van der Waals surface area (Å²) in [7, 11) is -3.37. The molecule has 4 unspecified atom stereocenters. The van der Waals surface area contributed by atoms with Gasteiger partial charge in [0.2, 0.25) is 15.9 Å². The number of amides is 1. The van der Waals surface area contributed by atoms with Crippen molar-refractivity contribution in [2.24, 2.45) is 11.8 Å². The summed E-state index contributed by atoms with van der Waals surface area (Å²) in [6, 6.07) is 7.03. The molecule has 1 amide bonds. The quantitative estimate of drug-likeness (QED) is 0.626. The van der Waals surface area contributed by atoms with Gasteiger partial charge in [-0.15, -0.1) is 0 Å². The van der Waals surface area contributed by atoms with Crippen molar-refractivity contribution < 1.29 is 13.2 Å². The summed E-state index contributed by atoms with van der Waals surface area (Å²) in [5.41, 5.74) is 7.66. The Balaban J connectivity index is 1.72. The molecule has 1 saturated carbocycles. The van der Waals surface area contributed by atoms with E-state index in [1.54, 1.807) is 12.1 Å². The van der Waals surface area contributed by atoms with Gasteiger partial charge in [0.05, 0.1) is 23.9 Å². The van der Waals surface area contributed by atoms with Crippen LogP contribution in [0.4, 0.5) is 5.69 Å². The fourth-order valence-corrected chi connectivity index (χ4v) is 4.49. The average molecular weight is 366 g/mol. The number of fused-ring (bicyclic) bond motifs is 1. The lowest BCUT2D eigenvalue weighted by atomic mass is 9.77. The van der Waals surface area contributed by atoms with Gasteiger partial charge in [-0.05, 0) is 37.3 Å². The van der Waals surface area contributed by atoms with Gasteiger partial charge in [0, 0.05) is 12.6 Å². The third kappa shape index (κ3) is 4.31. The van der Waals surface area contributed by atoms with Gasteiger partial charge < -0.3 is 5.32 Å². The Morgan fingerprint density at radius 3 is 2.80 bits per heavy atom. The number of nitrogens with one attached hydrogen (secondary N) is 4. The van der Waals surface area contributed by atoms with Crippen molar-refractivity contribution in [3.8, 4) is 0 Å². The Bertz CT molecular complexity index is 737. The van der Waals surface area contributed by atoms with Crippen molar-refractivity contribution in [1.29, 1.82) is 0 Å². The van der Waals surface area contributed by atoms with Crippen molar-refractivity contribution in [3.63, 3.8) is 0 Å². The average Bonchev–Trinajstić information content (AvgIpc) is 3.02. The van der Waals surface area contributed by atoms with E-state index in [0.717, 1.165) is 37.6 Å². The highest BCUT2D eigenvalue weighted by atomic mass is 32.2. The molecule has 1 aromatic rings. The van der Waals surface area contributed by atoms with Crippen LogP contribution in [0.2, 0.25) is 0 Å². The Kier molecular flexibility index (Phi) is 5.31. The number of carbonyl (C=O) groups is 1. The van der Waals surface area contributed by atoms with E-state index in [1.807, 2.05) is 19.1 Å². The van der Waals surface area contributed by atoms with Crippen LogP contribution >= 0.6 is 0 Å². The van der Waals surface area contributed by atoms with Gasteiger partial charge in [-0.25, -0.2) is 8.42 Å². The monoisotopic (exact) mass is 366 g/mol. The molecule has 1 aliphatic carbocycles. The van der Waals surface area contributed by atoms with Gasteiger partial charge in [0.15, 0.2) is 0 Å². The number of hydrazine groups is 1. The van der Waals surface area contributed by atoms with E-state index < -0.39 is 10.0 Å². The minimum absolute atomic E-state index is 0.0209. The van der Waals surface area contributed by atoms with Crippen molar-refractivity contribution in [3.05, 3.63) is 29.8 Å². The van der Waals surface area contributed by atoms with Crippen LogP contribution in [0.3, 0.4) is 0 Å². The Hall–Kier alpha value is -1.64. The molecule has 4 N–H and O–H groups in total. The number of sulfonamides is 1. The zero-order valence-electron chi connectivity index (χ0n) is 14.6. The molecule has 2 fully saturated rings. The van der Waals surface area contributed by atoms with E-state index in [1.165, 1.54) is 0 Å². The van der Waals surface area contributed by atoms with Crippen molar-refractivity contribution in [2.45, 2.75) is 38.3 Å². The summed E-state index contributed by atoms with van der Waals surface area (Å²) >= 11 is 0. The maximum atomic E-state index is 12.8. The number of para-hydroxylation sites is 1. The maximum absolute atomic E-state index is 12.8. The molecule has 1 saturated heterocycles. The molecule has 7 nitrogen and oxygen atoms in total. The van der Waals surface area contributed by atoms with Crippen LogP contribution in [0, 0.1) is 11.8 Å². The van der Waals surface area contributed by atoms with Crippen LogP contribution < -0.4 is 20.9 Å². The minimum Gasteiger partial charge on any atom is -0.349 e. The molecule has 25 heavy (non-hydrogen) atoms. The third-order valence-electron chi connectivity index (χ3n) is 5.08. The first-order valence-corrected chi connectivity index (χ1v) is 10.6. The summed E-state index contributed by atoms with van der Waals surface area (Å²) in [4.78, 5) is 12.8. The van der Waals surface area contributed by atoms with Gasteiger partial charge in [-0.1, -0.05) is 24.6 Å². The van der Waals surface area contributed by atoms with Crippen LogP contribution in [-0.2, 0) is 14.8 Å². The largest absolute Gasteiger partial charge is 0.349 e. The lowest BCUT2D eigenvalue weighted by molar-refractivity contribution is -0.127. The van der Waals surface area contributed by atoms with E-state index in [4.69, 9.17) is 0 Å².